The minimum absolute atomic E-state index is 0.329. The SMILES string of the molecule is N=S(=O)(CC[C@H](N)C(=O)O)CCC(O)(c1ncccn1)C(F)(F)F. The third-order valence-electron chi connectivity index (χ3n) is 3.27. The number of carbonyl (C=O) groups is 1. The second-order valence-corrected chi connectivity index (χ2v) is 7.57. The first kappa shape index (κ1) is 20.3. The fourth-order valence-corrected chi connectivity index (χ4v) is 3.21. The number of aliphatic hydroxyl groups is 1. The number of nitrogens with zero attached hydrogens (tertiary/aromatic N) is 2. The van der Waals surface area contributed by atoms with Gasteiger partial charge in [0.2, 0.25) is 5.60 Å². The van der Waals surface area contributed by atoms with Crippen molar-refractivity contribution in [1.82, 2.24) is 9.97 Å². The maximum atomic E-state index is 13.2. The maximum Gasteiger partial charge on any atom is 0.424 e. The molecule has 3 atom stereocenters. The molecule has 0 aromatic carbocycles. The van der Waals surface area contributed by atoms with E-state index in [1.165, 1.54) is 6.07 Å². The molecule has 2 unspecified atom stereocenters. The number of nitrogens with two attached hydrogens (primary N) is 1. The van der Waals surface area contributed by atoms with Crippen LogP contribution >= 0.6 is 0 Å². The zero-order chi connectivity index (χ0) is 18.6. The molecule has 0 saturated carbocycles. The lowest BCUT2D eigenvalue weighted by molar-refractivity contribution is -0.270. The van der Waals surface area contributed by atoms with Gasteiger partial charge in [-0.3, -0.25) is 9.57 Å². The smallest absolute Gasteiger partial charge is 0.424 e. The van der Waals surface area contributed by atoms with Crippen LogP contribution in [0.15, 0.2) is 18.5 Å². The van der Waals surface area contributed by atoms with Gasteiger partial charge >= 0.3 is 12.1 Å². The number of carboxylic acid groups (broad SMARTS) is 1. The molecule has 1 rings (SSSR count). The molecule has 1 heterocycles. The molecule has 1 aromatic heterocycles. The Balaban J connectivity index is 2.88. The van der Waals surface area contributed by atoms with Crippen molar-refractivity contribution in [2.24, 2.45) is 5.73 Å². The summed E-state index contributed by atoms with van der Waals surface area (Å²) in [6, 6.07) is -0.101. The molecule has 0 aliphatic carbocycles. The number of carboxylic acids is 1. The van der Waals surface area contributed by atoms with Crippen LogP contribution in [0.1, 0.15) is 18.7 Å². The largest absolute Gasteiger partial charge is 0.480 e. The first-order valence-electron chi connectivity index (χ1n) is 6.68. The molecule has 8 nitrogen and oxygen atoms in total. The minimum Gasteiger partial charge on any atom is -0.480 e. The average Bonchev–Trinajstić information content (AvgIpc) is 2.50. The van der Waals surface area contributed by atoms with E-state index in [-0.39, 0.29) is 6.42 Å². The molecule has 0 saturated heterocycles. The summed E-state index contributed by atoms with van der Waals surface area (Å²) >= 11 is 0. The van der Waals surface area contributed by atoms with Crippen LogP contribution in [0.3, 0.4) is 0 Å². The molecule has 12 heteroatoms. The van der Waals surface area contributed by atoms with Gasteiger partial charge in [0.25, 0.3) is 0 Å². The highest BCUT2D eigenvalue weighted by Gasteiger charge is 2.57. The Morgan fingerprint density at radius 1 is 1.33 bits per heavy atom. The molecule has 0 fully saturated rings. The summed E-state index contributed by atoms with van der Waals surface area (Å²) in [4.78, 5) is 17.3. The van der Waals surface area contributed by atoms with Crippen molar-refractivity contribution in [2.75, 3.05) is 11.5 Å². The van der Waals surface area contributed by atoms with Crippen LogP contribution in [0.4, 0.5) is 13.2 Å². The van der Waals surface area contributed by atoms with E-state index in [1.54, 1.807) is 0 Å². The Hall–Kier alpha value is -1.79. The molecule has 136 valence electrons. The monoisotopic (exact) mass is 370 g/mol. The molecular formula is C12H17F3N4O4S. The second-order valence-electron chi connectivity index (χ2n) is 5.13. The topological polar surface area (TPSA) is 150 Å². The van der Waals surface area contributed by atoms with Gasteiger partial charge in [0, 0.05) is 40.0 Å². The Morgan fingerprint density at radius 2 is 1.88 bits per heavy atom. The number of aliphatic carboxylic acids is 1. The molecule has 24 heavy (non-hydrogen) atoms. The number of alkyl halides is 3. The van der Waals surface area contributed by atoms with Gasteiger partial charge in [0.15, 0.2) is 5.82 Å². The summed E-state index contributed by atoms with van der Waals surface area (Å²) < 4.78 is 59.2. The van der Waals surface area contributed by atoms with Gasteiger partial charge in [-0.15, -0.1) is 0 Å². The van der Waals surface area contributed by atoms with Gasteiger partial charge < -0.3 is 15.9 Å². The second kappa shape index (κ2) is 7.40. The van der Waals surface area contributed by atoms with Crippen molar-refractivity contribution in [3.05, 3.63) is 24.3 Å². The fourth-order valence-electron chi connectivity index (χ4n) is 1.75. The summed E-state index contributed by atoms with van der Waals surface area (Å²) in [5, 5.41) is 18.6. The standard InChI is InChI=1S/C12H17F3N4O4S/c13-12(14,15)11(22,10-18-4-1-5-19-10)3-7-24(17,23)6-2-8(16)9(20)21/h1,4-5,8,17,22H,2-3,6-7,16H2,(H,20,21)/t8-,11?,24?/m0/s1. The van der Waals surface area contributed by atoms with Gasteiger partial charge in [-0.2, -0.15) is 13.2 Å². The van der Waals surface area contributed by atoms with E-state index in [0.29, 0.717) is 0 Å². The molecule has 0 aliphatic heterocycles. The van der Waals surface area contributed by atoms with Crippen molar-refractivity contribution in [1.29, 1.82) is 4.78 Å². The maximum absolute atomic E-state index is 13.2. The summed E-state index contributed by atoms with van der Waals surface area (Å²) in [6.07, 6.45) is -4.53. The number of nitrogens with one attached hydrogen (secondary N) is 1. The summed E-state index contributed by atoms with van der Waals surface area (Å²) in [6.45, 7) is 0. The van der Waals surface area contributed by atoms with Gasteiger partial charge in [-0.25, -0.2) is 14.2 Å². The van der Waals surface area contributed by atoms with Crippen LogP contribution < -0.4 is 5.73 Å². The van der Waals surface area contributed by atoms with Crippen LogP contribution in [0, 0.1) is 4.78 Å². The highest BCUT2D eigenvalue weighted by molar-refractivity contribution is 7.92. The first-order chi connectivity index (χ1) is 10.9. The summed E-state index contributed by atoms with van der Waals surface area (Å²) in [7, 11) is -3.57. The average molecular weight is 370 g/mol. The molecule has 0 radical (unpaired) electrons. The van der Waals surface area contributed by atoms with E-state index >= 15 is 0 Å². The molecule has 0 spiro atoms. The minimum atomic E-state index is -5.14. The molecular weight excluding hydrogens is 353 g/mol. The lowest BCUT2D eigenvalue weighted by Crippen LogP contribution is -2.45. The first-order valence-corrected chi connectivity index (χ1v) is 8.58. The van der Waals surface area contributed by atoms with Crippen molar-refractivity contribution < 1.29 is 32.4 Å². The van der Waals surface area contributed by atoms with E-state index in [9.17, 15) is 27.3 Å². The zero-order valence-corrected chi connectivity index (χ0v) is 13.2. The van der Waals surface area contributed by atoms with E-state index < -0.39 is 57.3 Å². The third-order valence-corrected chi connectivity index (χ3v) is 5.03. The number of aromatic nitrogens is 2. The Kier molecular flexibility index (Phi) is 6.25. The number of rotatable bonds is 8. The van der Waals surface area contributed by atoms with Crippen LogP contribution in [0.5, 0.6) is 0 Å². The van der Waals surface area contributed by atoms with Crippen molar-refractivity contribution in [3.8, 4) is 0 Å². The highest BCUT2D eigenvalue weighted by Crippen LogP contribution is 2.40. The van der Waals surface area contributed by atoms with Gasteiger partial charge in [-0.05, 0) is 12.5 Å². The van der Waals surface area contributed by atoms with Crippen molar-refractivity contribution in [3.63, 3.8) is 0 Å². The number of hydrogen-bond acceptors (Lipinski definition) is 7. The highest BCUT2D eigenvalue weighted by atomic mass is 32.2. The van der Waals surface area contributed by atoms with Crippen LogP contribution in [0.2, 0.25) is 0 Å². The Bertz CT molecular complexity index is 669. The van der Waals surface area contributed by atoms with E-state index in [2.05, 4.69) is 9.97 Å². The Labute approximate surface area is 135 Å². The van der Waals surface area contributed by atoms with E-state index in [4.69, 9.17) is 15.6 Å². The lowest BCUT2D eigenvalue weighted by atomic mass is 9.99. The molecule has 0 bridgehead atoms. The van der Waals surface area contributed by atoms with Crippen LogP contribution in [-0.4, -0.2) is 54.1 Å². The van der Waals surface area contributed by atoms with Crippen LogP contribution in [0.25, 0.3) is 0 Å². The van der Waals surface area contributed by atoms with E-state index in [0.717, 1.165) is 12.4 Å². The van der Waals surface area contributed by atoms with Gasteiger partial charge in [0.05, 0.1) is 0 Å². The normalized spacial score (nSPS) is 18.4. The summed E-state index contributed by atoms with van der Waals surface area (Å²) in [5.74, 6) is -3.58. The lowest BCUT2D eigenvalue weighted by Gasteiger charge is -2.29. The third kappa shape index (κ3) is 5.11. The van der Waals surface area contributed by atoms with Gasteiger partial charge in [-0.1, -0.05) is 0 Å². The Morgan fingerprint density at radius 3 is 2.33 bits per heavy atom. The van der Waals surface area contributed by atoms with E-state index in [1.807, 2.05) is 0 Å². The van der Waals surface area contributed by atoms with Crippen LogP contribution in [-0.2, 0) is 20.1 Å². The van der Waals surface area contributed by atoms with Crippen molar-refractivity contribution in [2.45, 2.75) is 30.7 Å². The zero-order valence-electron chi connectivity index (χ0n) is 12.4. The summed E-state index contributed by atoms with van der Waals surface area (Å²) in [5.41, 5.74) is 1.76. The quantitative estimate of drug-likeness (QED) is 0.519. The predicted molar refractivity (Wildman–Crippen MR) is 77.4 cm³/mol. The predicted octanol–water partition coefficient (Wildman–Crippen LogP) is 0.465. The molecule has 0 amide bonds. The van der Waals surface area contributed by atoms with Gasteiger partial charge in [0.1, 0.15) is 6.04 Å². The number of halogens is 3. The molecule has 0 aliphatic rings. The molecule has 1 aromatic rings. The fraction of sp³-hybridized carbons (Fsp3) is 0.583. The molecule has 5 N–H and O–H groups in total. The van der Waals surface area contributed by atoms with Crippen molar-refractivity contribution >= 4 is 15.7 Å². The number of hydrogen-bond donors (Lipinski definition) is 4.